The zero-order chi connectivity index (χ0) is 16.2. The molecular weight excluding hydrogens is 304 g/mol. The summed E-state index contributed by atoms with van der Waals surface area (Å²) in [6, 6.07) is 10.6. The molecule has 2 heterocycles. The average Bonchev–Trinajstić information content (AvgIpc) is 2.92. The molecule has 0 spiro atoms. The van der Waals surface area contributed by atoms with Crippen molar-refractivity contribution in [1.29, 1.82) is 0 Å². The molecule has 8 heteroatoms. The van der Waals surface area contributed by atoms with Crippen LogP contribution in [0.5, 0.6) is 5.75 Å². The number of hydrogen-bond donors (Lipinski definition) is 1. The van der Waals surface area contributed by atoms with Crippen LogP contribution >= 0.6 is 0 Å². The Morgan fingerprint density at radius 2 is 2.09 bits per heavy atom. The van der Waals surface area contributed by atoms with Gasteiger partial charge in [-0.15, -0.1) is 15.3 Å². The van der Waals surface area contributed by atoms with Gasteiger partial charge >= 0.3 is 0 Å². The van der Waals surface area contributed by atoms with E-state index in [2.05, 4.69) is 20.6 Å². The van der Waals surface area contributed by atoms with Gasteiger partial charge in [-0.05, 0) is 36.8 Å². The normalized spacial score (nSPS) is 11.1. The van der Waals surface area contributed by atoms with Gasteiger partial charge in [0, 0.05) is 6.54 Å². The average molecular weight is 319 g/mol. The van der Waals surface area contributed by atoms with Crippen LogP contribution in [-0.2, 0) is 6.54 Å². The molecule has 0 amide bonds. The number of nitrogens with one attached hydrogen (secondary N) is 1. The van der Waals surface area contributed by atoms with Crippen LogP contribution in [0.2, 0.25) is 0 Å². The van der Waals surface area contributed by atoms with Crippen LogP contribution in [0.15, 0.2) is 36.4 Å². The Balaban J connectivity index is 1.67. The lowest BCUT2D eigenvalue weighted by atomic mass is 10.2. The molecule has 0 radical (unpaired) electrons. The number of anilines is 1. The SMILES string of the molecule is Cc1nnc2ccc(NCc3cccc(OCC(F)F)c3)nn12. The maximum absolute atomic E-state index is 12.2. The van der Waals surface area contributed by atoms with Gasteiger partial charge in [0.15, 0.2) is 11.5 Å². The molecule has 1 N–H and O–H groups in total. The standard InChI is InChI=1S/C15H15F2N5O/c1-10-19-20-15-6-5-14(21-22(10)15)18-8-11-3-2-4-12(7-11)23-9-13(16)17/h2-7,13H,8-9H2,1H3,(H,18,21). The molecule has 3 aromatic rings. The van der Waals surface area contributed by atoms with E-state index in [1.54, 1.807) is 28.8 Å². The molecule has 0 aliphatic carbocycles. The fourth-order valence-electron chi connectivity index (χ4n) is 2.09. The second kappa shape index (κ2) is 6.55. The van der Waals surface area contributed by atoms with Gasteiger partial charge < -0.3 is 10.1 Å². The quantitative estimate of drug-likeness (QED) is 0.757. The summed E-state index contributed by atoms with van der Waals surface area (Å²) in [5, 5.41) is 15.5. The van der Waals surface area contributed by atoms with Crippen LogP contribution in [-0.4, -0.2) is 32.8 Å². The van der Waals surface area contributed by atoms with Crippen LogP contribution in [0.3, 0.4) is 0 Å². The number of rotatable bonds is 6. The Kier molecular flexibility index (Phi) is 4.31. The van der Waals surface area contributed by atoms with Crippen molar-refractivity contribution in [2.75, 3.05) is 11.9 Å². The second-order valence-electron chi connectivity index (χ2n) is 4.94. The van der Waals surface area contributed by atoms with E-state index in [1.165, 1.54) is 0 Å². The van der Waals surface area contributed by atoms with Crippen LogP contribution in [0.1, 0.15) is 11.4 Å². The first-order valence-corrected chi connectivity index (χ1v) is 7.04. The van der Waals surface area contributed by atoms with Gasteiger partial charge in [0.05, 0.1) is 0 Å². The van der Waals surface area contributed by atoms with Crippen molar-refractivity contribution in [3.05, 3.63) is 47.8 Å². The minimum Gasteiger partial charge on any atom is -0.488 e. The van der Waals surface area contributed by atoms with Gasteiger partial charge in [-0.2, -0.15) is 4.52 Å². The van der Waals surface area contributed by atoms with Gasteiger partial charge in [-0.25, -0.2) is 8.78 Å². The molecule has 0 aliphatic rings. The molecule has 0 saturated heterocycles. The molecule has 23 heavy (non-hydrogen) atoms. The minimum absolute atomic E-state index is 0.419. The first kappa shape index (κ1) is 15.1. The van der Waals surface area contributed by atoms with Crippen LogP contribution in [0, 0.1) is 6.92 Å². The summed E-state index contributed by atoms with van der Waals surface area (Å²) in [7, 11) is 0. The molecule has 2 aromatic heterocycles. The van der Waals surface area contributed by atoms with E-state index in [0.29, 0.717) is 29.6 Å². The smallest absolute Gasteiger partial charge is 0.272 e. The summed E-state index contributed by atoms with van der Waals surface area (Å²) < 4.78 is 31.0. The van der Waals surface area contributed by atoms with Crippen molar-refractivity contribution in [3.8, 4) is 5.75 Å². The second-order valence-corrected chi connectivity index (χ2v) is 4.94. The molecule has 3 rings (SSSR count). The van der Waals surface area contributed by atoms with Crippen molar-refractivity contribution in [2.45, 2.75) is 19.9 Å². The summed E-state index contributed by atoms with van der Waals surface area (Å²) in [6.45, 7) is 1.70. The van der Waals surface area contributed by atoms with Gasteiger partial charge in [-0.3, -0.25) is 0 Å². The first-order chi connectivity index (χ1) is 11.1. The lowest BCUT2D eigenvalue weighted by Crippen LogP contribution is -2.08. The number of aromatic nitrogens is 4. The molecule has 120 valence electrons. The predicted molar refractivity (Wildman–Crippen MR) is 80.8 cm³/mol. The Morgan fingerprint density at radius 1 is 1.22 bits per heavy atom. The Bertz CT molecular complexity index is 805. The molecule has 0 atom stereocenters. The molecule has 6 nitrogen and oxygen atoms in total. The lowest BCUT2D eigenvalue weighted by Gasteiger charge is -2.09. The van der Waals surface area contributed by atoms with Crippen LogP contribution in [0.25, 0.3) is 5.65 Å². The molecule has 0 fully saturated rings. The molecule has 0 bridgehead atoms. The van der Waals surface area contributed by atoms with E-state index < -0.39 is 13.0 Å². The minimum atomic E-state index is -2.49. The van der Waals surface area contributed by atoms with Gasteiger partial charge in [0.25, 0.3) is 6.43 Å². The Labute approximate surface area is 131 Å². The number of fused-ring (bicyclic) bond motifs is 1. The number of benzene rings is 1. The van der Waals surface area contributed by atoms with Crippen LogP contribution in [0.4, 0.5) is 14.6 Å². The van der Waals surface area contributed by atoms with E-state index in [4.69, 9.17) is 4.74 Å². The largest absolute Gasteiger partial charge is 0.488 e. The monoisotopic (exact) mass is 319 g/mol. The van der Waals surface area contributed by atoms with E-state index >= 15 is 0 Å². The van der Waals surface area contributed by atoms with E-state index in [0.717, 1.165) is 5.56 Å². The third-order valence-corrected chi connectivity index (χ3v) is 3.17. The summed E-state index contributed by atoms with van der Waals surface area (Å²) in [5.74, 6) is 1.79. The summed E-state index contributed by atoms with van der Waals surface area (Å²) in [5.41, 5.74) is 1.58. The number of nitrogens with zero attached hydrogens (tertiary/aromatic N) is 4. The summed E-state index contributed by atoms with van der Waals surface area (Å²) >= 11 is 0. The Hall–Kier alpha value is -2.77. The van der Waals surface area contributed by atoms with Crippen molar-refractivity contribution < 1.29 is 13.5 Å². The predicted octanol–water partition coefficient (Wildman–Crippen LogP) is 2.69. The highest BCUT2D eigenvalue weighted by Gasteiger charge is 2.05. The zero-order valence-electron chi connectivity index (χ0n) is 12.4. The van der Waals surface area contributed by atoms with Crippen molar-refractivity contribution in [2.24, 2.45) is 0 Å². The number of ether oxygens (including phenoxy) is 1. The van der Waals surface area contributed by atoms with Gasteiger partial charge in [-0.1, -0.05) is 12.1 Å². The number of alkyl halides is 2. The number of hydrogen-bond acceptors (Lipinski definition) is 5. The highest BCUT2D eigenvalue weighted by atomic mass is 19.3. The van der Waals surface area contributed by atoms with Gasteiger partial charge in [0.2, 0.25) is 0 Å². The van der Waals surface area contributed by atoms with Crippen molar-refractivity contribution in [3.63, 3.8) is 0 Å². The highest BCUT2D eigenvalue weighted by Crippen LogP contribution is 2.15. The summed E-state index contributed by atoms with van der Waals surface area (Å²) in [4.78, 5) is 0. The highest BCUT2D eigenvalue weighted by molar-refractivity contribution is 5.44. The topological polar surface area (TPSA) is 64.3 Å². The van der Waals surface area contributed by atoms with Gasteiger partial charge in [0.1, 0.15) is 18.2 Å². The third-order valence-electron chi connectivity index (χ3n) is 3.17. The maximum atomic E-state index is 12.2. The van der Waals surface area contributed by atoms with Crippen molar-refractivity contribution >= 4 is 11.5 Å². The molecule has 0 saturated carbocycles. The zero-order valence-corrected chi connectivity index (χ0v) is 12.4. The van der Waals surface area contributed by atoms with E-state index in [-0.39, 0.29) is 0 Å². The van der Waals surface area contributed by atoms with E-state index in [1.807, 2.05) is 19.1 Å². The number of halogens is 2. The molecule has 0 aliphatic heterocycles. The fourth-order valence-corrected chi connectivity index (χ4v) is 2.09. The maximum Gasteiger partial charge on any atom is 0.272 e. The molecular formula is C15H15F2N5O. The van der Waals surface area contributed by atoms with Crippen LogP contribution < -0.4 is 10.1 Å². The lowest BCUT2D eigenvalue weighted by molar-refractivity contribution is 0.0818. The molecule has 0 unspecified atom stereocenters. The third kappa shape index (κ3) is 3.71. The number of aryl methyl sites for hydroxylation is 1. The van der Waals surface area contributed by atoms with Crippen molar-refractivity contribution in [1.82, 2.24) is 19.8 Å². The first-order valence-electron chi connectivity index (χ1n) is 7.04. The van der Waals surface area contributed by atoms with E-state index in [9.17, 15) is 8.78 Å². The fraction of sp³-hybridized carbons (Fsp3) is 0.267. The molecule has 1 aromatic carbocycles. The summed E-state index contributed by atoms with van der Waals surface area (Å²) in [6.07, 6.45) is -2.49. The Morgan fingerprint density at radius 3 is 2.91 bits per heavy atom.